The van der Waals surface area contributed by atoms with Gasteiger partial charge >= 0.3 is 0 Å². The van der Waals surface area contributed by atoms with E-state index >= 15 is 0 Å². The molecule has 2 unspecified atom stereocenters. The zero-order valence-corrected chi connectivity index (χ0v) is 13.0. The van der Waals surface area contributed by atoms with E-state index in [0.29, 0.717) is 35.8 Å². The quantitative estimate of drug-likeness (QED) is 0.775. The van der Waals surface area contributed by atoms with Gasteiger partial charge in [0.05, 0.1) is 26.4 Å². The molecule has 1 aromatic carbocycles. The van der Waals surface area contributed by atoms with Gasteiger partial charge in [-0.3, -0.25) is 0 Å². The van der Waals surface area contributed by atoms with Crippen LogP contribution in [-0.2, 0) is 6.42 Å². The first-order valence-electron chi connectivity index (χ1n) is 6.80. The van der Waals surface area contributed by atoms with Gasteiger partial charge in [0.15, 0.2) is 11.5 Å². The van der Waals surface area contributed by atoms with Crippen LogP contribution in [0.5, 0.6) is 11.5 Å². The molecule has 1 rings (SSSR count). The Balaban J connectivity index is 2.73. The Hall–Kier alpha value is -0.970. The van der Waals surface area contributed by atoms with Crippen molar-refractivity contribution in [1.29, 1.82) is 0 Å². The number of benzene rings is 1. The van der Waals surface area contributed by atoms with Crippen molar-refractivity contribution >= 4 is 11.6 Å². The third kappa shape index (κ3) is 4.54. The second-order valence-corrected chi connectivity index (χ2v) is 5.17. The summed E-state index contributed by atoms with van der Waals surface area (Å²) in [7, 11) is 3.12. The van der Waals surface area contributed by atoms with Crippen LogP contribution in [-0.4, -0.2) is 36.6 Å². The molecule has 0 radical (unpaired) electrons. The molecule has 0 bridgehead atoms. The average molecular weight is 303 g/mol. The lowest BCUT2D eigenvalue weighted by Gasteiger charge is -2.18. The van der Waals surface area contributed by atoms with E-state index in [1.165, 1.54) is 0 Å². The molecule has 2 N–H and O–H groups in total. The van der Waals surface area contributed by atoms with Gasteiger partial charge in [-0.15, -0.1) is 0 Å². The number of ether oxygens (including phenoxy) is 2. The van der Waals surface area contributed by atoms with Crippen LogP contribution < -0.4 is 9.47 Å². The van der Waals surface area contributed by atoms with Gasteiger partial charge in [-0.25, -0.2) is 0 Å². The summed E-state index contributed by atoms with van der Waals surface area (Å²) in [4.78, 5) is 0. The molecule has 0 aliphatic rings. The fourth-order valence-electron chi connectivity index (χ4n) is 2.07. The van der Waals surface area contributed by atoms with Crippen LogP contribution in [0.2, 0.25) is 5.02 Å². The molecule has 4 nitrogen and oxygen atoms in total. The summed E-state index contributed by atoms with van der Waals surface area (Å²) < 4.78 is 10.4. The zero-order chi connectivity index (χ0) is 15.1. The highest BCUT2D eigenvalue weighted by molar-refractivity contribution is 6.31. The van der Waals surface area contributed by atoms with Crippen molar-refractivity contribution in [1.82, 2.24) is 0 Å². The fourth-order valence-corrected chi connectivity index (χ4v) is 2.32. The molecule has 0 aliphatic carbocycles. The van der Waals surface area contributed by atoms with E-state index in [4.69, 9.17) is 21.1 Å². The largest absolute Gasteiger partial charge is 0.493 e. The SMILES string of the molecule is CCCC(O)C(O)CCc1cc(OC)c(OC)cc1Cl. The van der Waals surface area contributed by atoms with Gasteiger partial charge in [-0.2, -0.15) is 0 Å². The Labute approximate surface area is 125 Å². The molecule has 20 heavy (non-hydrogen) atoms. The van der Waals surface area contributed by atoms with Crippen LogP contribution in [0.4, 0.5) is 0 Å². The summed E-state index contributed by atoms with van der Waals surface area (Å²) >= 11 is 6.18. The van der Waals surface area contributed by atoms with Crippen LogP contribution >= 0.6 is 11.6 Å². The number of methoxy groups -OCH3 is 2. The molecule has 0 saturated carbocycles. The Kier molecular flexibility index (Phi) is 7.13. The first kappa shape index (κ1) is 17.1. The van der Waals surface area contributed by atoms with Crippen molar-refractivity contribution in [3.63, 3.8) is 0 Å². The smallest absolute Gasteiger partial charge is 0.162 e. The van der Waals surface area contributed by atoms with E-state index in [1.54, 1.807) is 26.4 Å². The minimum atomic E-state index is -0.737. The number of aliphatic hydroxyl groups excluding tert-OH is 2. The lowest BCUT2D eigenvalue weighted by Crippen LogP contribution is -2.26. The van der Waals surface area contributed by atoms with Crippen LogP contribution in [0.15, 0.2) is 12.1 Å². The molecule has 0 aliphatic heterocycles. The number of hydrogen-bond donors (Lipinski definition) is 2. The van der Waals surface area contributed by atoms with Gasteiger partial charge in [-0.05, 0) is 30.9 Å². The van der Waals surface area contributed by atoms with Crippen LogP contribution in [0.1, 0.15) is 31.7 Å². The molecule has 0 heterocycles. The maximum atomic E-state index is 9.88. The van der Waals surface area contributed by atoms with Gasteiger partial charge in [0.1, 0.15) is 0 Å². The summed E-state index contributed by atoms with van der Waals surface area (Å²) in [5.41, 5.74) is 0.868. The Morgan fingerprint density at radius 1 is 1.05 bits per heavy atom. The van der Waals surface area contributed by atoms with Gasteiger partial charge in [-0.1, -0.05) is 24.9 Å². The first-order valence-corrected chi connectivity index (χ1v) is 7.17. The third-order valence-corrected chi connectivity index (χ3v) is 3.64. The van der Waals surface area contributed by atoms with Gasteiger partial charge in [0, 0.05) is 11.1 Å². The molecule has 114 valence electrons. The lowest BCUT2D eigenvalue weighted by molar-refractivity contribution is 0.00980. The molecular weight excluding hydrogens is 280 g/mol. The van der Waals surface area contributed by atoms with Crippen molar-refractivity contribution in [2.75, 3.05) is 14.2 Å². The highest BCUT2D eigenvalue weighted by Gasteiger charge is 2.17. The summed E-state index contributed by atoms with van der Waals surface area (Å²) in [5, 5.41) is 20.2. The Morgan fingerprint density at radius 3 is 2.15 bits per heavy atom. The third-order valence-electron chi connectivity index (χ3n) is 3.29. The van der Waals surface area contributed by atoms with Gasteiger partial charge in [0.25, 0.3) is 0 Å². The Bertz CT molecular complexity index is 423. The summed E-state index contributed by atoms with van der Waals surface area (Å²) in [6, 6.07) is 3.50. The normalized spacial score (nSPS) is 13.9. The van der Waals surface area contributed by atoms with Crippen molar-refractivity contribution < 1.29 is 19.7 Å². The van der Waals surface area contributed by atoms with Crippen LogP contribution in [0.3, 0.4) is 0 Å². The van der Waals surface area contributed by atoms with Crippen molar-refractivity contribution in [2.45, 2.75) is 44.8 Å². The summed E-state index contributed by atoms with van der Waals surface area (Å²) in [5.74, 6) is 1.18. The van der Waals surface area contributed by atoms with E-state index in [-0.39, 0.29) is 0 Å². The van der Waals surface area contributed by atoms with E-state index in [9.17, 15) is 10.2 Å². The summed E-state index contributed by atoms with van der Waals surface area (Å²) in [6.07, 6.45) is 1.05. The van der Waals surface area contributed by atoms with Gasteiger partial charge < -0.3 is 19.7 Å². The van der Waals surface area contributed by atoms with Crippen LogP contribution in [0, 0.1) is 0 Å². The molecule has 0 spiro atoms. The number of hydrogen-bond acceptors (Lipinski definition) is 4. The van der Waals surface area contributed by atoms with Crippen molar-refractivity contribution in [3.05, 3.63) is 22.7 Å². The predicted octanol–water partition coefficient (Wildman–Crippen LogP) is 2.81. The topological polar surface area (TPSA) is 58.9 Å². The number of rotatable bonds is 8. The molecule has 0 aromatic heterocycles. The standard InChI is InChI=1S/C15H23ClO4/c1-4-5-12(17)13(18)7-6-10-8-14(19-2)15(20-3)9-11(10)16/h8-9,12-13,17-18H,4-7H2,1-3H3. The molecule has 5 heteroatoms. The van der Waals surface area contributed by atoms with E-state index in [2.05, 4.69) is 0 Å². The van der Waals surface area contributed by atoms with E-state index in [0.717, 1.165) is 12.0 Å². The second kappa shape index (κ2) is 8.35. The highest BCUT2D eigenvalue weighted by Crippen LogP contribution is 2.33. The predicted molar refractivity (Wildman–Crippen MR) is 79.8 cm³/mol. The number of aryl methyl sites for hydroxylation is 1. The van der Waals surface area contributed by atoms with Crippen molar-refractivity contribution in [3.8, 4) is 11.5 Å². The average Bonchev–Trinajstić information content (AvgIpc) is 2.45. The minimum Gasteiger partial charge on any atom is -0.493 e. The number of halogens is 1. The molecule has 0 saturated heterocycles. The maximum absolute atomic E-state index is 9.88. The molecule has 0 fully saturated rings. The van der Waals surface area contributed by atoms with Crippen LogP contribution in [0.25, 0.3) is 0 Å². The van der Waals surface area contributed by atoms with Gasteiger partial charge in [0.2, 0.25) is 0 Å². The summed E-state index contributed by atoms with van der Waals surface area (Å²) in [6.45, 7) is 1.97. The van der Waals surface area contributed by atoms with E-state index < -0.39 is 12.2 Å². The fraction of sp³-hybridized carbons (Fsp3) is 0.600. The monoisotopic (exact) mass is 302 g/mol. The zero-order valence-electron chi connectivity index (χ0n) is 12.2. The maximum Gasteiger partial charge on any atom is 0.162 e. The molecular formula is C15H23ClO4. The van der Waals surface area contributed by atoms with Crippen molar-refractivity contribution in [2.24, 2.45) is 0 Å². The Morgan fingerprint density at radius 2 is 1.60 bits per heavy atom. The lowest BCUT2D eigenvalue weighted by atomic mass is 10.0. The highest BCUT2D eigenvalue weighted by atomic mass is 35.5. The number of aliphatic hydroxyl groups is 2. The minimum absolute atomic E-state index is 0.455. The molecule has 2 atom stereocenters. The molecule has 0 amide bonds. The molecule has 1 aromatic rings. The van der Waals surface area contributed by atoms with E-state index in [1.807, 2.05) is 6.92 Å². The first-order chi connectivity index (χ1) is 9.53. The second-order valence-electron chi connectivity index (χ2n) is 4.76.